The van der Waals surface area contributed by atoms with Crippen molar-refractivity contribution < 1.29 is 0 Å². The number of hydrogen-bond donors (Lipinski definition) is 1. The van der Waals surface area contributed by atoms with Gasteiger partial charge in [-0.15, -0.1) is 0 Å². The molecule has 0 saturated heterocycles. The van der Waals surface area contributed by atoms with Crippen molar-refractivity contribution in [3.8, 4) is 0 Å². The fraction of sp³-hybridized carbons (Fsp3) is 0.550. The minimum atomic E-state index is 1.10. The summed E-state index contributed by atoms with van der Waals surface area (Å²) in [5, 5.41) is 15.3. The van der Waals surface area contributed by atoms with Crippen molar-refractivity contribution in [3.63, 3.8) is 0 Å². The molecule has 0 amide bonds. The van der Waals surface area contributed by atoms with Crippen molar-refractivity contribution in [2.45, 2.75) is 62.3 Å². The number of H-pyrrole nitrogens is 1. The molecule has 3 aromatic heterocycles. The van der Waals surface area contributed by atoms with Crippen LogP contribution in [0.15, 0.2) is 0 Å². The van der Waals surface area contributed by atoms with Crippen LogP contribution in [0.3, 0.4) is 0 Å². The Balaban J connectivity index is 0.000000195. The topological polar surface area (TPSA) is 64.3 Å². The van der Waals surface area contributed by atoms with E-state index in [-0.39, 0.29) is 0 Å². The van der Waals surface area contributed by atoms with Gasteiger partial charge in [0.25, 0.3) is 0 Å². The maximum atomic E-state index is 4.23. The second-order valence-corrected chi connectivity index (χ2v) is 6.90. The van der Waals surface area contributed by atoms with Crippen molar-refractivity contribution in [1.29, 1.82) is 0 Å². The van der Waals surface area contributed by atoms with Crippen LogP contribution in [0, 0.1) is 62.3 Å². The summed E-state index contributed by atoms with van der Waals surface area (Å²) < 4.78 is 3.81. The molecule has 0 saturated carbocycles. The third-order valence-electron chi connectivity index (χ3n) is 5.24. The summed E-state index contributed by atoms with van der Waals surface area (Å²) in [6, 6.07) is 0. The second-order valence-electron chi connectivity index (χ2n) is 6.90. The minimum absolute atomic E-state index is 1.10. The van der Waals surface area contributed by atoms with Gasteiger partial charge >= 0.3 is 0 Å². The molecule has 0 spiro atoms. The van der Waals surface area contributed by atoms with Gasteiger partial charge in [-0.3, -0.25) is 14.5 Å². The van der Waals surface area contributed by atoms with Crippen LogP contribution in [0.2, 0.25) is 0 Å². The largest absolute Gasteiger partial charge is 0.282 e. The summed E-state index contributed by atoms with van der Waals surface area (Å²) in [5.41, 5.74) is 10.9. The Morgan fingerprint density at radius 2 is 0.962 bits per heavy atom. The van der Waals surface area contributed by atoms with Crippen LogP contribution in [0.25, 0.3) is 0 Å². The lowest BCUT2D eigenvalue weighted by molar-refractivity contribution is 0.730. The number of aromatic amines is 1. The molecule has 0 aromatic carbocycles. The lowest BCUT2D eigenvalue weighted by atomic mass is 10.2. The predicted octanol–water partition coefficient (Wildman–Crippen LogP) is 4.03. The summed E-state index contributed by atoms with van der Waals surface area (Å²) >= 11 is 0. The maximum absolute atomic E-state index is 4.23. The Morgan fingerprint density at radius 3 is 1.04 bits per heavy atom. The van der Waals surface area contributed by atoms with Crippen LogP contribution >= 0.6 is 0 Å². The molecule has 6 heteroatoms. The van der Waals surface area contributed by atoms with E-state index in [4.69, 9.17) is 0 Å². The third-order valence-corrected chi connectivity index (χ3v) is 5.24. The fourth-order valence-electron chi connectivity index (χ4n) is 2.37. The van der Waals surface area contributed by atoms with Gasteiger partial charge in [0.05, 0.1) is 17.1 Å². The average molecular weight is 359 g/mol. The molecular weight excluding hydrogens is 324 g/mol. The molecule has 0 aliphatic carbocycles. The average Bonchev–Trinajstić information content (AvgIpc) is 3.09. The first-order chi connectivity index (χ1) is 12.0. The predicted molar refractivity (Wildman–Crippen MR) is 108 cm³/mol. The Morgan fingerprint density at radius 1 is 0.577 bits per heavy atom. The van der Waals surface area contributed by atoms with Crippen LogP contribution in [0.1, 0.15) is 50.9 Å². The number of aryl methyl sites for hydroxylation is 6. The van der Waals surface area contributed by atoms with E-state index in [1.165, 1.54) is 33.8 Å². The molecule has 144 valence electrons. The summed E-state index contributed by atoms with van der Waals surface area (Å²) in [6.07, 6.45) is 0. The lowest BCUT2D eigenvalue weighted by Gasteiger charge is -1.90. The Kier molecular flexibility index (Phi) is 7.36. The first-order valence-corrected chi connectivity index (χ1v) is 8.89. The zero-order valence-electron chi connectivity index (χ0n) is 18.2. The highest BCUT2D eigenvalue weighted by molar-refractivity contribution is 5.22. The molecule has 3 aromatic rings. The van der Waals surface area contributed by atoms with Crippen LogP contribution in [0.5, 0.6) is 0 Å². The first-order valence-electron chi connectivity index (χ1n) is 8.89. The zero-order chi connectivity index (χ0) is 20.2. The minimum Gasteiger partial charge on any atom is -0.282 e. The van der Waals surface area contributed by atoms with Gasteiger partial charge in [-0.05, 0) is 79.0 Å². The molecule has 3 heterocycles. The van der Waals surface area contributed by atoms with Crippen molar-refractivity contribution in [3.05, 3.63) is 50.9 Å². The van der Waals surface area contributed by atoms with Gasteiger partial charge in [-0.1, -0.05) is 0 Å². The van der Waals surface area contributed by atoms with Crippen molar-refractivity contribution in [2.75, 3.05) is 0 Å². The van der Waals surface area contributed by atoms with E-state index >= 15 is 0 Å². The summed E-state index contributed by atoms with van der Waals surface area (Å²) in [6.45, 7) is 18.5. The standard InChI is InChI=1S/2C7H12N2.C6H10N2/c2*1-5-6(2)8-9(4)7(5)3;1-4-5(2)7-8-6(4)3/h2*1-4H3;1-3H3,(H,7,8). The molecule has 1 N–H and O–H groups in total. The molecule has 0 radical (unpaired) electrons. The number of nitrogens with zero attached hydrogens (tertiary/aromatic N) is 5. The number of hydrogen-bond acceptors (Lipinski definition) is 3. The normalized spacial score (nSPS) is 10.1. The van der Waals surface area contributed by atoms with Gasteiger partial charge < -0.3 is 0 Å². The van der Waals surface area contributed by atoms with E-state index < -0.39 is 0 Å². The first kappa shape index (κ1) is 21.7. The maximum Gasteiger partial charge on any atom is 0.0625 e. The smallest absolute Gasteiger partial charge is 0.0625 e. The van der Waals surface area contributed by atoms with Crippen LogP contribution in [-0.2, 0) is 14.1 Å². The van der Waals surface area contributed by atoms with E-state index in [0.717, 1.165) is 17.1 Å². The van der Waals surface area contributed by atoms with Crippen molar-refractivity contribution in [2.24, 2.45) is 14.1 Å². The molecule has 0 unspecified atom stereocenters. The van der Waals surface area contributed by atoms with Crippen molar-refractivity contribution >= 4 is 0 Å². The molecule has 0 aliphatic heterocycles. The third kappa shape index (κ3) is 5.07. The van der Waals surface area contributed by atoms with Crippen molar-refractivity contribution in [1.82, 2.24) is 29.8 Å². The molecule has 3 rings (SSSR count). The highest BCUT2D eigenvalue weighted by Crippen LogP contribution is 2.09. The van der Waals surface area contributed by atoms with Crippen LogP contribution in [-0.4, -0.2) is 29.8 Å². The molecule has 6 nitrogen and oxygen atoms in total. The highest BCUT2D eigenvalue weighted by Gasteiger charge is 2.02. The molecular formula is C20H34N6. The summed E-state index contributed by atoms with van der Waals surface area (Å²) in [5.74, 6) is 0. The summed E-state index contributed by atoms with van der Waals surface area (Å²) in [7, 11) is 3.94. The summed E-state index contributed by atoms with van der Waals surface area (Å²) in [4.78, 5) is 0. The molecule has 0 bridgehead atoms. The number of aromatic nitrogens is 6. The fourth-order valence-corrected chi connectivity index (χ4v) is 2.37. The second kappa shape index (κ2) is 8.83. The van der Waals surface area contributed by atoms with Crippen LogP contribution < -0.4 is 0 Å². The SMILES string of the molecule is Cc1n[nH]c(C)c1C.Cc1nn(C)c(C)c1C.Cc1nn(C)c(C)c1C. The van der Waals surface area contributed by atoms with E-state index in [0.29, 0.717) is 0 Å². The monoisotopic (exact) mass is 358 g/mol. The zero-order valence-corrected chi connectivity index (χ0v) is 18.2. The van der Waals surface area contributed by atoms with Crippen LogP contribution in [0.4, 0.5) is 0 Å². The number of rotatable bonds is 0. The van der Waals surface area contributed by atoms with E-state index in [2.05, 4.69) is 55.0 Å². The Bertz CT molecular complexity index is 749. The Labute approximate surface area is 157 Å². The lowest BCUT2D eigenvalue weighted by Crippen LogP contribution is -1.92. The van der Waals surface area contributed by atoms with Gasteiger partial charge in [-0.2, -0.15) is 15.3 Å². The highest BCUT2D eigenvalue weighted by atomic mass is 15.3. The van der Waals surface area contributed by atoms with Gasteiger partial charge in [0.2, 0.25) is 0 Å². The van der Waals surface area contributed by atoms with Gasteiger partial charge in [-0.25, -0.2) is 0 Å². The van der Waals surface area contributed by atoms with Gasteiger partial charge in [0, 0.05) is 31.2 Å². The van der Waals surface area contributed by atoms with E-state index in [9.17, 15) is 0 Å². The van der Waals surface area contributed by atoms with Gasteiger partial charge in [0.1, 0.15) is 0 Å². The number of nitrogens with one attached hydrogen (secondary N) is 1. The molecule has 26 heavy (non-hydrogen) atoms. The quantitative estimate of drug-likeness (QED) is 0.660. The Hall–Kier alpha value is -2.37. The van der Waals surface area contributed by atoms with E-state index in [1.807, 2.05) is 51.2 Å². The van der Waals surface area contributed by atoms with Gasteiger partial charge in [0.15, 0.2) is 0 Å². The molecule has 0 atom stereocenters. The van der Waals surface area contributed by atoms with E-state index in [1.54, 1.807) is 0 Å². The molecule has 0 fully saturated rings. The molecule has 0 aliphatic rings.